The van der Waals surface area contributed by atoms with Crippen molar-refractivity contribution in [2.75, 3.05) is 0 Å². The van der Waals surface area contributed by atoms with Gasteiger partial charge in [0.25, 0.3) is 0 Å². The molecule has 4 saturated carbocycles. The molecule has 0 saturated heterocycles. The van der Waals surface area contributed by atoms with E-state index in [1.807, 2.05) is 0 Å². The van der Waals surface area contributed by atoms with E-state index in [0.29, 0.717) is 24.5 Å². The summed E-state index contributed by atoms with van der Waals surface area (Å²) in [6.45, 7) is 13.4. The summed E-state index contributed by atoms with van der Waals surface area (Å²) in [5.74, 6) is -0.496. The van der Waals surface area contributed by atoms with Gasteiger partial charge in [-0.2, -0.15) is 0 Å². The summed E-state index contributed by atoms with van der Waals surface area (Å²) in [4.78, 5) is 35.9. The van der Waals surface area contributed by atoms with Gasteiger partial charge in [0.1, 0.15) is 24.0 Å². The predicted molar refractivity (Wildman–Crippen MR) is 128 cm³/mol. The summed E-state index contributed by atoms with van der Waals surface area (Å²) in [6.07, 6.45) is 3.66. The Kier molecular flexibility index (Phi) is 6.50. The van der Waals surface area contributed by atoms with E-state index in [1.165, 1.54) is 20.8 Å². The van der Waals surface area contributed by atoms with Gasteiger partial charge in [0.2, 0.25) is 0 Å². The van der Waals surface area contributed by atoms with Crippen molar-refractivity contribution in [2.24, 2.45) is 45.1 Å². The molecule has 35 heavy (non-hydrogen) atoms. The van der Waals surface area contributed by atoms with Crippen molar-refractivity contribution in [3.05, 3.63) is 0 Å². The second kappa shape index (κ2) is 8.77. The van der Waals surface area contributed by atoms with Gasteiger partial charge in [0.05, 0.1) is 0 Å². The first-order valence-electron chi connectivity index (χ1n) is 13.0. The highest BCUT2D eigenvalue weighted by Gasteiger charge is 2.72. The fourth-order valence-corrected chi connectivity index (χ4v) is 9.26. The third kappa shape index (κ3) is 3.86. The fraction of sp³-hybridized carbons (Fsp3) is 0.852. The molecule has 196 valence electrons. The SMILES string of the molecule is CC(=O)O[C@H]1C[C@@]2(C)[C@@H](C[C@@H](OC(C)=O)[C@H]3[C@@]4(C)CC[C@@H](OC(C)=O)[C@@H](C)C4CC[C@@]32C)/C1=N\O. The number of hydrogen-bond acceptors (Lipinski definition) is 8. The van der Waals surface area contributed by atoms with Gasteiger partial charge >= 0.3 is 17.9 Å². The van der Waals surface area contributed by atoms with Crippen molar-refractivity contribution in [2.45, 2.75) is 105 Å². The van der Waals surface area contributed by atoms with Gasteiger partial charge < -0.3 is 19.4 Å². The number of esters is 3. The third-order valence-corrected chi connectivity index (χ3v) is 10.7. The Morgan fingerprint density at radius 1 is 0.886 bits per heavy atom. The number of rotatable bonds is 3. The van der Waals surface area contributed by atoms with Crippen LogP contribution in [-0.4, -0.2) is 47.1 Å². The number of nitrogens with zero attached hydrogens (tertiary/aromatic N) is 1. The number of oxime groups is 1. The molecule has 4 fully saturated rings. The number of carbonyl (C=O) groups is 3. The highest BCUT2D eigenvalue weighted by Crippen LogP contribution is 2.73. The Morgan fingerprint density at radius 3 is 2.06 bits per heavy atom. The van der Waals surface area contributed by atoms with Crippen LogP contribution in [0.5, 0.6) is 0 Å². The molecule has 0 radical (unpaired) electrons. The topological polar surface area (TPSA) is 111 Å². The van der Waals surface area contributed by atoms with E-state index in [2.05, 4.69) is 32.9 Å². The van der Waals surface area contributed by atoms with Crippen LogP contribution >= 0.6 is 0 Å². The Labute approximate surface area is 208 Å². The predicted octanol–water partition coefficient (Wildman–Crippen LogP) is 4.51. The van der Waals surface area contributed by atoms with E-state index in [1.54, 1.807) is 0 Å². The molecule has 0 bridgehead atoms. The lowest BCUT2D eigenvalue weighted by Gasteiger charge is -2.69. The van der Waals surface area contributed by atoms with Crippen LogP contribution in [0, 0.1) is 39.9 Å². The van der Waals surface area contributed by atoms with Crippen LogP contribution in [-0.2, 0) is 28.6 Å². The van der Waals surface area contributed by atoms with Crippen LogP contribution in [0.1, 0.15) is 87.0 Å². The Balaban J connectivity index is 1.78. The molecule has 1 unspecified atom stereocenters. The minimum Gasteiger partial charge on any atom is -0.462 e. The van der Waals surface area contributed by atoms with Crippen LogP contribution in [0.15, 0.2) is 5.16 Å². The molecule has 10 atom stereocenters. The van der Waals surface area contributed by atoms with Gasteiger partial charge in [0, 0.05) is 32.6 Å². The van der Waals surface area contributed by atoms with E-state index in [4.69, 9.17) is 14.2 Å². The number of hydrogen-bond donors (Lipinski definition) is 1. The second-order valence-electron chi connectivity index (χ2n) is 12.3. The molecule has 0 heterocycles. The van der Waals surface area contributed by atoms with E-state index < -0.39 is 12.1 Å². The molecule has 8 nitrogen and oxygen atoms in total. The monoisotopic (exact) mass is 491 g/mol. The summed E-state index contributed by atoms with van der Waals surface area (Å²) >= 11 is 0. The summed E-state index contributed by atoms with van der Waals surface area (Å²) in [7, 11) is 0. The molecular formula is C27H41NO7. The number of fused-ring (bicyclic) bond motifs is 5. The maximum Gasteiger partial charge on any atom is 0.303 e. The Bertz CT molecular complexity index is 932. The Morgan fingerprint density at radius 2 is 1.49 bits per heavy atom. The minimum atomic E-state index is -0.579. The molecule has 0 aliphatic heterocycles. The normalized spacial score (nSPS) is 47.7. The minimum absolute atomic E-state index is 0.0793. The lowest BCUT2D eigenvalue weighted by Crippen LogP contribution is -2.66. The molecule has 4 aliphatic rings. The zero-order valence-corrected chi connectivity index (χ0v) is 22.1. The lowest BCUT2D eigenvalue weighted by atomic mass is 9.36. The van der Waals surface area contributed by atoms with E-state index in [9.17, 15) is 19.6 Å². The fourth-order valence-electron chi connectivity index (χ4n) is 9.26. The smallest absolute Gasteiger partial charge is 0.303 e. The van der Waals surface area contributed by atoms with Crippen molar-refractivity contribution in [3.63, 3.8) is 0 Å². The molecule has 0 aromatic heterocycles. The molecule has 4 aliphatic carbocycles. The summed E-state index contributed by atoms with van der Waals surface area (Å²) in [5, 5.41) is 13.6. The number of carbonyl (C=O) groups excluding carboxylic acids is 3. The van der Waals surface area contributed by atoms with Crippen LogP contribution in [0.4, 0.5) is 0 Å². The summed E-state index contributed by atoms with van der Waals surface area (Å²) < 4.78 is 17.4. The second-order valence-corrected chi connectivity index (χ2v) is 12.3. The Hall–Kier alpha value is -2.12. The standard InChI is InChI=1S/C27H41NO7/c1-14-18-8-11-26(6)24(25(18,5)10-9-20(14)33-15(2)29)21(34-16(3)30)12-19-23(28-32)22(35-17(4)31)13-27(19,26)7/h14,18-22,24,32H,8-13H2,1-7H3/b28-23+/t14-,18?,19-,20+,21+,22-,24-,25-,26-,27-/m0/s1. The van der Waals surface area contributed by atoms with Crippen molar-refractivity contribution < 1.29 is 33.8 Å². The van der Waals surface area contributed by atoms with Gasteiger partial charge in [-0.15, -0.1) is 0 Å². The first kappa shape index (κ1) is 26.0. The highest BCUT2D eigenvalue weighted by atomic mass is 16.6. The number of ether oxygens (including phenoxy) is 3. The molecule has 0 amide bonds. The first-order chi connectivity index (χ1) is 16.3. The van der Waals surface area contributed by atoms with Crippen molar-refractivity contribution >= 4 is 23.6 Å². The van der Waals surface area contributed by atoms with Crippen LogP contribution in [0.3, 0.4) is 0 Å². The average molecular weight is 492 g/mol. The largest absolute Gasteiger partial charge is 0.462 e. The summed E-state index contributed by atoms with van der Waals surface area (Å²) in [5.41, 5.74) is -0.161. The van der Waals surface area contributed by atoms with Crippen LogP contribution < -0.4 is 0 Å². The molecule has 1 N–H and O–H groups in total. The lowest BCUT2D eigenvalue weighted by molar-refractivity contribution is -0.241. The van der Waals surface area contributed by atoms with Gasteiger partial charge in [-0.05, 0) is 66.6 Å². The molecular weight excluding hydrogens is 450 g/mol. The zero-order chi connectivity index (χ0) is 25.9. The van der Waals surface area contributed by atoms with E-state index in [-0.39, 0.29) is 58.1 Å². The maximum absolute atomic E-state index is 12.3. The average Bonchev–Trinajstić information content (AvgIpc) is 3.00. The van der Waals surface area contributed by atoms with E-state index in [0.717, 1.165) is 25.7 Å². The van der Waals surface area contributed by atoms with E-state index >= 15 is 0 Å². The van der Waals surface area contributed by atoms with Crippen molar-refractivity contribution in [1.82, 2.24) is 0 Å². The molecule has 4 rings (SSSR count). The maximum atomic E-state index is 12.3. The molecule has 0 aromatic carbocycles. The summed E-state index contributed by atoms with van der Waals surface area (Å²) in [6, 6.07) is 0. The highest BCUT2D eigenvalue weighted by molar-refractivity contribution is 5.95. The quantitative estimate of drug-likeness (QED) is 0.268. The van der Waals surface area contributed by atoms with Gasteiger partial charge in [0.15, 0.2) is 0 Å². The van der Waals surface area contributed by atoms with Crippen LogP contribution in [0.2, 0.25) is 0 Å². The van der Waals surface area contributed by atoms with Crippen LogP contribution in [0.25, 0.3) is 0 Å². The first-order valence-corrected chi connectivity index (χ1v) is 13.0. The molecule has 0 aromatic rings. The van der Waals surface area contributed by atoms with Crippen molar-refractivity contribution in [1.29, 1.82) is 0 Å². The van der Waals surface area contributed by atoms with Crippen molar-refractivity contribution in [3.8, 4) is 0 Å². The third-order valence-electron chi connectivity index (χ3n) is 10.7. The van der Waals surface area contributed by atoms with Gasteiger partial charge in [-0.3, -0.25) is 14.4 Å². The molecule has 8 heteroatoms. The van der Waals surface area contributed by atoms with Gasteiger partial charge in [-0.25, -0.2) is 0 Å². The zero-order valence-electron chi connectivity index (χ0n) is 22.1. The molecule has 0 spiro atoms. The van der Waals surface area contributed by atoms with Gasteiger partial charge in [-0.1, -0.05) is 32.9 Å².